The first kappa shape index (κ1) is 16.0. The molecular formula is C15H23ClN4O. The zero-order chi connectivity index (χ0) is 15.6. The first-order valence-corrected chi connectivity index (χ1v) is 7.87. The van der Waals surface area contributed by atoms with E-state index < -0.39 is 0 Å². The fraction of sp³-hybridized carbons (Fsp3) is 0.667. The summed E-state index contributed by atoms with van der Waals surface area (Å²) in [6, 6.07) is 0.308. The minimum Gasteiger partial charge on any atom is -0.368 e. The summed E-state index contributed by atoms with van der Waals surface area (Å²) in [4.78, 5) is 22.5. The van der Waals surface area contributed by atoms with Gasteiger partial charge in [0.1, 0.15) is 16.8 Å². The van der Waals surface area contributed by atoms with Gasteiger partial charge in [-0.2, -0.15) is 0 Å². The summed E-state index contributed by atoms with van der Waals surface area (Å²) in [5, 5.41) is 0.455. The second-order valence-electron chi connectivity index (χ2n) is 6.01. The van der Waals surface area contributed by atoms with Crippen molar-refractivity contribution in [2.75, 3.05) is 11.4 Å². The number of anilines is 1. The number of halogens is 1. The average molecular weight is 311 g/mol. The molecule has 1 aromatic heterocycles. The Morgan fingerprint density at radius 2 is 2.00 bits per heavy atom. The third-order valence-electron chi connectivity index (χ3n) is 3.96. The predicted octanol–water partition coefficient (Wildman–Crippen LogP) is 2.80. The lowest BCUT2D eigenvalue weighted by atomic mass is 10.1. The molecule has 1 aliphatic carbocycles. The molecule has 0 atom stereocenters. The molecule has 0 aromatic carbocycles. The molecule has 0 spiro atoms. The molecule has 1 fully saturated rings. The molecule has 2 N–H and O–H groups in total. The van der Waals surface area contributed by atoms with Crippen molar-refractivity contribution in [3.05, 3.63) is 16.5 Å². The van der Waals surface area contributed by atoms with E-state index in [1.807, 2.05) is 25.7 Å². The van der Waals surface area contributed by atoms with Gasteiger partial charge in [0.25, 0.3) is 0 Å². The summed E-state index contributed by atoms with van der Waals surface area (Å²) in [5.74, 6) is 1.29. The van der Waals surface area contributed by atoms with Crippen molar-refractivity contribution in [1.29, 1.82) is 0 Å². The van der Waals surface area contributed by atoms with Gasteiger partial charge in [-0.25, -0.2) is 9.97 Å². The van der Waals surface area contributed by atoms with Crippen molar-refractivity contribution in [1.82, 2.24) is 9.97 Å². The number of nitrogens with two attached hydrogens (primary N) is 1. The van der Waals surface area contributed by atoms with Crippen LogP contribution in [0.3, 0.4) is 0 Å². The summed E-state index contributed by atoms with van der Waals surface area (Å²) in [7, 11) is 0. The molecular weight excluding hydrogens is 288 g/mol. The molecule has 2 rings (SSSR count). The predicted molar refractivity (Wildman–Crippen MR) is 84.7 cm³/mol. The first-order valence-electron chi connectivity index (χ1n) is 7.49. The monoisotopic (exact) mass is 310 g/mol. The Morgan fingerprint density at radius 1 is 1.38 bits per heavy atom. The average Bonchev–Trinajstić information content (AvgIpc) is 2.92. The maximum atomic E-state index is 11.5. The van der Waals surface area contributed by atoms with E-state index in [-0.39, 0.29) is 18.4 Å². The maximum absolute atomic E-state index is 11.5. The van der Waals surface area contributed by atoms with Crippen molar-refractivity contribution in [2.24, 2.45) is 5.73 Å². The van der Waals surface area contributed by atoms with E-state index in [9.17, 15) is 4.79 Å². The standard InChI is InChI=1S/C15H23ClN4O/c1-9(2)14-18-13(16)10(3)15(19-14)20(8-12(17)21)11-6-4-5-7-11/h9,11H,4-8H2,1-3H3,(H2,17,21). The Hall–Kier alpha value is -1.36. The highest BCUT2D eigenvalue weighted by Gasteiger charge is 2.27. The number of rotatable bonds is 5. The molecule has 1 amide bonds. The molecule has 0 aliphatic heterocycles. The number of primary amides is 1. The molecule has 1 heterocycles. The molecule has 6 heteroatoms. The third kappa shape index (κ3) is 3.64. The first-order chi connectivity index (χ1) is 9.90. The van der Waals surface area contributed by atoms with Crippen LogP contribution in [0.4, 0.5) is 5.82 Å². The highest BCUT2D eigenvalue weighted by atomic mass is 35.5. The van der Waals surface area contributed by atoms with E-state index in [0.29, 0.717) is 17.0 Å². The number of aromatic nitrogens is 2. The van der Waals surface area contributed by atoms with Gasteiger partial charge in [-0.1, -0.05) is 38.3 Å². The molecule has 0 radical (unpaired) electrons. The van der Waals surface area contributed by atoms with Gasteiger partial charge in [0.05, 0.1) is 6.54 Å². The van der Waals surface area contributed by atoms with Crippen LogP contribution in [0.1, 0.15) is 56.8 Å². The van der Waals surface area contributed by atoms with Crippen molar-refractivity contribution in [3.63, 3.8) is 0 Å². The number of carbonyl (C=O) groups is 1. The largest absolute Gasteiger partial charge is 0.368 e. The second kappa shape index (κ2) is 6.60. The van der Waals surface area contributed by atoms with Gasteiger partial charge in [0.2, 0.25) is 5.91 Å². The molecule has 1 saturated carbocycles. The number of nitrogens with zero attached hydrogens (tertiary/aromatic N) is 3. The zero-order valence-electron chi connectivity index (χ0n) is 12.9. The molecule has 5 nitrogen and oxygen atoms in total. The molecule has 1 aliphatic rings. The second-order valence-corrected chi connectivity index (χ2v) is 6.37. The van der Waals surface area contributed by atoms with Crippen LogP contribution < -0.4 is 10.6 Å². The van der Waals surface area contributed by atoms with Crippen LogP contribution in [0.5, 0.6) is 0 Å². The molecule has 0 saturated heterocycles. The third-order valence-corrected chi connectivity index (χ3v) is 4.33. The van der Waals surface area contributed by atoms with Crippen LogP contribution in [-0.2, 0) is 4.79 Å². The van der Waals surface area contributed by atoms with Crippen molar-refractivity contribution in [3.8, 4) is 0 Å². The summed E-state index contributed by atoms with van der Waals surface area (Å²) in [6.45, 7) is 6.12. The van der Waals surface area contributed by atoms with Gasteiger partial charge in [0.15, 0.2) is 0 Å². The van der Waals surface area contributed by atoms with Crippen LogP contribution in [0.25, 0.3) is 0 Å². The molecule has 116 valence electrons. The van der Waals surface area contributed by atoms with Gasteiger partial charge in [0, 0.05) is 17.5 Å². The number of amides is 1. The summed E-state index contributed by atoms with van der Waals surface area (Å²) in [6.07, 6.45) is 4.47. The minimum absolute atomic E-state index is 0.177. The van der Waals surface area contributed by atoms with Crippen LogP contribution in [0.2, 0.25) is 5.15 Å². The summed E-state index contributed by atoms with van der Waals surface area (Å²) >= 11 is 6.26. The van der Waals surface area contributed by atoms with E-state index >= 15 is 0 Å². The fourth-order valence-corrected chi connectivity index (χ4v) is 2.96. The lowest BCUT2D eigenvalue weighted by molar-refractivity contribution is -0.116. The maximum Gasteiger partial charge on any atom is 0.237 e. The van der Waals surface area contributed by atoms with Gasteiger partial charge >= 0.3 is 0 Å². The Kier molecular flexibility index (Phi) is 5.04. The normalized spacial score (nSPS) is 15.7. The molecule has 1 aromatic rings. The Bertz CT molecular complexity index is 527. The van der Waals surface area contributed by atoms with Crippen LogP contribution >= 0.6 is 11.6 Å². The van der Waals surface area contributed by atoms with Gasteiger partial charge in [-0.15, -0.1) is 0 Å². The topological polar surface area (TPSA) is 72.1 Å². The van der Waals surface area contributed by atoms with Gasteiger partial charge in [-0.3, -0.25) is 4.79 Å². The Labute approximate surface area is 130 Å². The Balaban J connectivity index is 2.44. The summed E-state index contributed by atoms with van der Waals surface area (Å²) in [5.41, 5.74) is 6.24. The van der Waals surface area contributed by atoms with Crippen molar-refractivity contribution >= 4 is 23.3 Å². The Morgan fingerprint density at radius 3 is 2.52 bits per heavy atom. The smallest absolute Gasteiger partial charge is 0.237 e. The zero-order valence-corrected chi connectivity index (χ0v) is 13.7. The number of hydrogen-bond acceptors (Lipinski definition) is 4. The summed E-state index contributed by atoms with van der Waals surface area (Å²) < 4.78 is 0. The fourth-order valence-electron chi connectivity index (χ4n) is 2.79. The van der Waals surface area contributed by atoms with E-state index in [1.165, 1.54) is 12.8 Å². The van der Waals surface area contributed by atoms with Crippen LogP contribution in [-0.4, -0.2) is 28.5 Å². The lowest BCUT2D eigenvalue weighted by Gasteiger charge is -2.30. The number of hydrogen-bond donors (Lipinski definition) is 1. The SMILES string of the molecule is Cc1c(Cl)nc(C(C)C)nc1N(CC(N)=O)C1CCCC1. The van der Waals surface area contributed by atoms with Crippen LogP contribution in [0.15, 0.2) is 0 Å². The highest BCUT2D eigenvalue weighted by Crippen LogP contribution is 2.31. The van der Waals surface area contributed by atoms with Gasteiger partial charge in [-0.05, 0) is 19.8 Å². The van der Waals surface area contributed by atoms with E-state index in [1.54, 1.807) is 0 Å². The van der Waals surface area contributed by atoms with E-state index in [0.717, 1.165) is 24.2 Å². The molecule has 0 unspecified atom stereocenters. The van der Waals surface area contributed by atoms with Gasteiger partial charge < -0.3 is 10.6 Å². The quantitative estimate of drug-likeness (QED) is 0.849. The van der Waals surface area contributed by atoms with E-state index in [4.69, 9.17) is 17.3 Å². The van der Waals surface area contributed by atoms with Crippen LogP contribution in [0, 0.1) is 6.92 Å². The molecule has 21 heavy (non-hydrogen) atoms. The number of carbonyl (C=O) groups excluding carboxylic acids is 1. The van der Waals surface area contributed by atoms with Crippen molar-refractivity contribution < 1.29 is 4.79 Å². The van der Waals surface area contributed by atoms with E-state index in [2.05, 4.69) is 9.97 Å². The minimum atomic E-state index is -0.345. The highest BCUT2D eigenvalue weighted by molar-refractivity contribution is 6.30. The lowest BCUT2D eigenvalue weighted by Crippen LogP contribution is -2.41. The van der Waals surface area contributed by atoms with Crippen molar-refractivity contribution in [2.45, 2.75) is 58.4 Å². The molecule has 0 bridgehead atoms.